The fourth-order valence-corrected chi connectivity index (χ4v) is 0.742. The van der Waals surface area contributed by atoms with Crippen LogP contribution in [-0.4, -0.2) is 13.6 Å². The highest BCUT2D eigenvalue weighted by molar-refractivity contribution is 5.19. The lowest BCUT2D eigenvalue weighted by atomic mass is 10.5. The smallest absolute Gasteiger partial charge is 0.231 e. The standard InChI is InChI=1S/C6H6O4/c1-5-6(10-4-9-5)2-8-3-7-1/h1-2H,3-4H2. The zero-order valence-electron chi connectivity index (χ0n) is 5.20. The second-order valence-corrected chi connectivity index (χ2v) is 1.82. The minimum absolute atomic E-state index is 0.208. The zero-order chi connectivity index (χ0) is 6.81. The molecule has 0 aromatic carbocycles. The molecule has 0 spiro atoms. The van der Waals surface area contributed by atoms with Crippen LogP contribution in [0.3, 0.4) is 0 Å². The molecular weight excluding hydrogens is 136 g/mol. The summed E-state index contributed by atoms with van der Waals surface area (Å²) >= 11 is 0. The molecule has 0 N–H and O–H groups in total. The first kappa shape index (κ1) is 5.46. The molecule has 0 bridgehead atoms. The van der Waals surface area contributed by atoms with Gasteiger partial charge < -0.3 is 18.9 Å². The van der Waals surface area contributed by atoms with Crippen LogP contribution in [0.5, 0.6) is 0 Å². The van der Waals surface area contributed by atoms with E-state index in [9.17, 15) is 0 Å². The summed E-state index contributed by atoms with van der Waals surface area (Å²) in [6, 6.07) is 0. The number of rotatable bonds is 0. The Hall–Kier alpha value is -1.32. The van der Waals surface area contributed by atoms with Crippen molar-refractivity contribution < 1.29 is 18.9 Å². The molecule has 0 saturated carbocycles. The molecule has 54 valence electrons. The summed E-state index contributed by atoms with van der Waals surface area (Å²) in [5.41, 5.74) is 0. The van der Waals surface area contributed by atoms with E-state index in [-0.39, 0.29) is 13.6 Å². The second-order valence-electron chi connectivity index (χ2n) is 1.82. The van der Waals surface area contributed by atoms with Gasteiger partial charge in [-0.25, -0.2) is 0 Å². The average molecular weight is 142 g/mol. The first-order valence-electron chi connectivity index (χ1n) is 2.86. The average Bonchev–Trinajstić information content (AvgIpc) is 2.28. The summed E-state index contributed by atoms with van der Waals surface area (Å²) in [7, 11) is 0. The highest BCUT2D eigenvalue weighted by Gasteiger charge is 2.18. The molecule has 0 aromatic heterocycles. The quantitative estimate of drug-likeness (QED) is 0.498. The van der Waals surface area contributed by atoms with Crippen LogP contribution in [0.2, 0.25) is 0 Å². The SMILES string of the molecule is C1=C2OCOC2=COCO1. The molecule has 4 nitrogen and oxygen atoms in total. The Bertz CT molecular complexity index is 174. The summed E-state index contributed by atoms with van der Waals surface area (Å²) < 4.78 is 19.7. The highest BCUT2D eigenvalue weighted by atomic mass is 16.7. The van der Waals surface area contributed by atoms with E-state index < -0.39 is 0 Å². The summed E-state index contributed by atoms with van der Waals surface area (Å²) in [5.74, 6) is 1.19. The molecule has 1 saturated heterocycles. The summed E-state index contributed by atoms with van der Waals surface area (Å²) in [6.07, 6.45) is 2.96. The molecule has 0 aliphatic carbocycles. The first-order chi connectivity index (χ1) is 4.97. The van der Waals surface area contributed by atoms with Crippen molar-refractivity contribution in [2.75, 3.05) is 13.6 Å². The van der Waals surface area contributed by atoms with E-state index in [1.54, 1.807) is 0 Å². The minimum atomic E-state index is 0.208. The van der Waals surface area contributed by atoms with Crippen LogP contribution in [-0.2, 0) is 18.9 Å². The van der Waals surface area contributed by atoms with Crippen LogP contribution >= 0.6 is 0 Å². The normalized spacial score (nSPS) is 21.6. The van der Waals surface area contributed by atoms with Gasteiger partial charge >= 0.3 is 0 Å². The lowest BCUT2D eigenvalue weighted by molar-refractivity contribution is 0.0304. The summed E-state index contributed by atoms with van der Waals surface area (Å²) in [6.45, 7) is 0.449. The Morgan fingerprint density at radius 3 is 2.10 bits per heavy atom. The van der Waals surface area contributed by atoms with Gasteiger partial charge in [0.2, 0.25) is 25.1 Å². The Morgan fingerprint density at radius 1 is 0.900 bits per heavy atom. The van der Waals surface area contributed by atoms with Gasteiger partial charge in [-0.15, -0.1) is 0 Å². The van der Waals surface area contributed by atoms with Crippen molar-refractivity contribution in [2.45, 2.75) is 0 Å². The van der Waals surface area contributed by atoms with Crippen LogP contribution in [0, 0.1) is 0 Å². The van der Waals surface area contributed by atoms with E-state index in [1.807, 2.05) is 0 Å². The number of hydrogen-bond acceptors (Lipinski definition) is 4. The van der Waals surface area contributed by atoms with Crippen molar-refractivity contribution in [3.05, 3.63) is 24.0 Å². The number of hydrogen-bond donors (Lipinski definition) is 0. The van der Waals surface area contributed by atoms with Crippen LogP contribution in [0.25, 0.3) is 0 Å². The Balaban J connectivity index is 2.25. The minimum Gasteiger partial charge on any atom is -0.461 e. The van der Waals surface area contributed by atoms with Gasteiger partial charge in [0.25, 0.3) is 0 Å². The van der Waals surface area contributed by atoms with Crippen molar-refractivity contribution >= 4 is 0 Å². The fraction of sp³-hybridized carbons (Fsp3) is 0.333. The van der Waals surface area contributed by atoms with Crippen molar-refractivity contribution in [1.82, 2.24) is 0 Å². The molecule has 2 aliphatic heterocycles. The molecular formula is C6H6O4. The monoisotopic (exact) mass is 142 g/mol. The summed E-state index contributed by atoms with van der Waals surface area (Å²) in [4.78, 5) is 0. The van der Waals surface area contributed by atoms with Gasteiger partial charge in [0, 0.05) is 0 Å². The van der Waals surface area contributed by atoms with Gasteiger partial charge in [-0.1, -0.05) is 0 Å². The third-order valence-corrected chi connectivity index (χ3v) is 1.19. The molecule has 2 rings (SSSR count). The van der Waals surface area contributed by atoms with Gasteiger partial charge in [0.1, 0.15) is 12.5 Å². The van der Waals surface area contributed by atoms with Gasteiger partial charge in [0.15, 0.2) is 0 Å². The topological polar surface area (TPSA) is 36.9 Å². The zero-order valence-corrected chi connectivity index (χ0v) is 5.20. The van der Waals surface area contributed by atoms with E-state index in [0.717, 1.165) is 0 Å². The Labute approximate surface area is 57.6 Å². The largest absolute Gasteiger partial charge is 0.461 e. The molecule has 10 heavy (non-hydrogen) atoms. The van der Waals surface area contributed by atoms with Crippen LogP contribution in [0.4, 0.5) is 0 Å². The van der Waals surface area contributed by atoms with Crippen molar-refractivity contribution in [2.24, 2.45) is 0 Å². The molecule has 2 aliphatic rings. The number of fused-ring (bicyclic) bond motifs is 1. The van der Waals surface area contributed by atoms with Gasteiger partial charge in [-0.3, -0.25) is 0 Å². The van der Waals surface area contributed by atoms with E-state index in [4.69, 9.17) is 18.9 Å². The lowest BCUT2D eigenvalue weighted by Gasteiger charge is -1.95. The molecule has 0 amide bonds. The molecule has 1 fully saturated rings. The van der Waals surface area contributed by atoms with Crippen LogP contribution in [0.1, 0.15) is 0 Å². The molecule has 0 atom stereocenters. The van der Waals surface area contributed by atoms with E-state index in [1.165, 1.54) is 12.5 Å². The molecule has 4 heteroatoms. The third-order valence-electron chi connectivity index (χ3n) is 1.19. The predicted molar refractivity (Wildman–Crippen MR) is 30.2 cm³/mol. The van der Waals surface area contributed by atoms with E-state index in [2.05, 4.69) is 0 Å². The molecule has 2 heterocycles. The third kappa shape index (κ3) is 0.775. The maximum absolute atomic E-state index is 5.00. The van der Waals surface area contributed by atoms with Crippen molar-refractivity contribution in [3.63, 3.8) is 0 Å². The maximum Gasteiger partial charge on any atom is 0.231 e. The van der Waals surface area contributed by atoms with Crippen LogP contribution < -0.4 is 0 Å². The van der Waals surface area contributed by atoms with Gasteiger partial charge in [-0.05, 0) is 0 Å². The molecule has 0 radical (unpaired) electrons. The summed E-state index contributed by atoms with van der Waals surface area (Å²) in [5, 5.41) is 0. The fourth-order valence-electron chi connectivity index (χ4n) is 0.742. The van der Waals surface area contributed by atoms with Crippen molar-refractivity contribution in [1.29, 1.82) is 0 Å². The lowest BCUT2D eigenvalue weighted by Crippen LogP contribution is -1.87. The number of ether oxygens (including phenoxy) is 4. The van der Waals surface area contributed by atoms with Crippen molar-refractivity contribution in [3.8, 4) is 0 Å². The van der Waals surface area contributed by atoms with Crippen LogP contribution in [0.15, 0.2) is 24.0 Å². The van der Waals surface area contributed by atoms with Gasteiger partial charge in [0.05, 0.1) is 0 Å². The first-order valence-corrected chi connectivity index (χ1v) is 2.86. The van der Waals surface area contributed by atoms with E-state index in [0.29, 0.717) is 11.5 Å². The highest BCUT2D eigenvalue weighted by Crippen LogP contribution is 2.22. The predicted octanol–water partition coefficient (Wildman–Crippen LogP) is 0.678. The maximum atomic E-state index is 5.00. The Morgan fingerprint density at radius 2 is 1.50 bits per heavy atom. The molecule has 0 aromatic rings. The van der Waals surface area contributed by atoms with Gasteiger partial charge in [-0.2, -0.15) is 0 Å². The second kappa shape index (κ2) is 2.13. The Kier molecular flexibility index (Phi) is 1.16. The molecule has 0 unspecified atom stereocenters. The van der Waals surface area contributed by atoms with E-state index >= 15 is 0 Å².